The van der Waals surface area contributed by atoms with Gasteiger partial charge in [-0.05, 0) is 30.7 Å². The molecule has 0 aliphatic rings. The third kappa shape index (κ3) is 5.34. The lowest BCUT2D eigenvalue weighted by Crippen LogP contribution is -2.30. The highest BCUT2D eigenvalue weighted by atomic mass is 16.2. The summed E-state index contributed by atoms with van der Waals surface area (Å²) in [5.41, 5.74) is 1.58. The van der Waals surface area contributed by atoms with E-state index in [2.05, 4.69) is 16.0 Å². The maximum absolute atomic E-state index is 11.4. The topological polar surface area (TPSA) is 70.2 Å². The zero-order chi connectivity index (χ0) is 13.4. The molecule has 5 heteroatoms. The fraction of sp³-hybridized carbons (Fsp3) is 0.385. The van der Waals surface area contributed by atoms with Gasteiger partial charge in [-0.25, -0.2) is 0 Å². The molecular weight excluding hydrogens is 230 g/mol. The molecule has 0 fully saturated rings. The second-order valence-corrected chi connectivity index (χ2v) is 3.96. The first-order valence-electron chi connectivity index (χ1n) is 6.00. The number of rotatable bonds is 6. The Morgan fingerprint density at radius 3 is 2.28 bits per heavy atom. The van der Waals surface area contributed by atoms with E-state index in [0.29, 0.717) is 6.54 Å². The number of benzene rings is 1. The normalized spacial score (nSPS) is 9.67. The van der Waals surface area contributed by atoms with Crippen molar-refractivity contribution in [2.75, 3.05) is 23.7 Å². The Hall–Kier alpha value is -2.04. The molecule has 0 atom stereocenters. The quantitative estimate of drug-likeness (QED) is 0.717. The minimum absolute atomic E-state index is 0.0252. The van der Waals surface area contributed by atoms with Gasteiger partial charge in [0, 0.05) is 24.8 Å². The van der Waals surface area contributed by atoms with Crippen molar-refractivity contribution >= 4 is 23.2 Å². The second-order valence-electron chi connectivity index (χ2n) is 3.96. The van der Waals surface area contributed by atoms with Gasteiger partial charge in [-0.15, -0.1) is 0 Å². The maximum Gasteiger partial charge on any atom is 0.239 e. The molecule has 0 saturated carbocycles. The lowest BCUT2D eigenvalue weighted by Gasteiger charge is -2.08. The van der Waals surface area contributed by atoms with Gasteiger partial charge in [-0.3, -0.25) is 9.59 Å². The number of amides is 2. The number of hydrogen-bond donors (Lipinski definition) is 3. The number of anilines is 2. The van der Waals surface area contributed by atoms with E-state index in [4.69, 9.17) is 0 Å². The van der Waals surface area contributed by atoms with E-state index in [-0.39, 0.29) is 18.4 Å². The molecule has 1 rings (SSSR count). The summed E-state index contributed by atoms with van der Waals surface area (Å²) in [5, 5.41) is 8.47. The van der Waals surface area contributed by atoms with Crippen molar-refractivity contribution in [1.29, 1.82) is 0 Å². The summed E-state index contributed by atoms with van der Waals surface area (Å²) in [5.74, 6) is -0.127. The van der Waals surface area contributed by atoms with Crippen LogP contribution in [-0.4, -0.2) is 24.9 Å². The van der Waals surface area contributed by atoms with Crippen LogP contribution < -0.4 is 16.0 Å². The van der Waals surface area contributed by atoms with Gasteiger partial charge in [0.2, 0.25) is 11.8 Å². The highest BCUT2D eigenvalue weighted by Crippen LogP contribution is 2.12. The van der Waals surface area contributed by atoms with Gasteiger partial charge < -0.3 is 16.0 Å². The van der Waals surface area contributed by atoms with Crippen molar-refractivity contribution in [3.63, 3.8) is 0 Å². The fourth-order valence-corrected chi connectivity index (χ4v) is 1.38. The SMILES string of the molecule is CCCNC(=O)CNc1ccc(NC(C)=O)cc1. The van der Waals surface area contributed by atoms with E-state index in [0.717, 1.165) is 17.8 Å². The van der Waals surface area contributed by atoms with Crippen LogP contribution in [0.25, 0.3) is 0 Å². The van der Waals surface area contributed by atoms with Crippen molar-refractivity contribution in [1.82, 2.24) is 5.32 Å². The lowest BCUT2D eigenvalue weighted by molar-refractivity contribution is -0.119. The fourth-order valence-electron chi connectivity index (χ4n) is 1.38. The number of carbonyl (C=O) groups is 2. The molecule has 0 aliphatic carbocycles. The zero-order valence-corrected chi connectivity index (χ0v) is 10.7. The molecule has 18 heavy (non-hydrogen) atoms. The highest BCUT2D eigenvalue weighted by Gasteiger charge is 2.00. The summed E-state index contributed by atoms with van der Waals surface area (Å²) in [6, 6.07) is 7.21. The van der Waals surface area contributed by atoms with Crippen LogP contribution in [0.4, 0.5) is 11.4 Å². The molecule has 1 aromatic carbocycles. The van der Waals surface area contributed by atoms with Crippen molar-refractivity contribution in [2.45, 2.75) is 20.3 Å². The van der Waals surface area contributed by atoms with Crippen molar-refractivity contribution in [2.24, 2.45) is 0 Å². The molecule has 0 aromatic heterocycles. The predicted octanol–water partition coefficient (Wildman–Crippen LogP) is 1.58. The monoisotopic (exact) mass is 249 g/mol. The molecule has 5 nitrogen and oxygen atoms in total. The van der Waals surface area contributed by atoms with Crippen LogP contribution in [0.5, 0.6) is 0 Å². The van der Waals surface area contributed by atoms with Gasteiger partial charge in [-0.1, -0.05) is 6.92 Å². The van der Waals surface area contributed by atoms with E-state index in [1.807, 2.05) is 19.1 Å². The Kier molecular flexibility index (Phi) is 5.70. The molecule has 0 aliphatic heterocycles. The molecule has 1 aromatic rings. The first-order chi connectivity index (χ1) is 8.61. The van der Waals surface area contributed by atoms with E-state index in [9.17, 15) is 9.59 Å². The van der Waals surface area contributed by atoms with Crippen LogP contribution in [0, 0.1) is 0 Å². The van der Waals surface area contributed by atoms with Gasteiger partial charge in [-0.2, -0.15) is 0 Å². The zero-order valence-electron chi connectivity index (χ0n) is 10.7. The minimum Gasteiger partial charge on any atom is -0.376 e. The van der Waals surface area contributed by atoms with Crippen LogP contribution in [0.15, 0.2) is 24.3 Å². The first-order valence-corrected chi connectivity index (χ1v) is 6.00. The summed E-state index contributed by atoms with van der Waals surface area (Å²) in [6.07, 6.45) is 0.928. The van der Waals surface area contributed by atoms with Crippen LogP contribution in [-0.2, 0) is 9.59 Å². The summed E-state index contributed by atoms with van der Waals surface area (Å²) in [6.45, 7) is 4.42. The third-order valence-electron chi connectivity index (χ3n) is 2.23. The van der Waals surface area contributed by atoms with Gasteiger partial charge >= 0.3 is 0 Å². The van der Waals surface area contributed by atoms with E-state index < -0.39 is 0 Å². The van der Waals surface area contributed by atoms with E-state index in [1.54, 1.807) is 12.1 Å². The van der Waals surface area contributed by atoms with Crippen molar-refractivity contribution in [3.05, 3.63) is 24.3 Å². The molecule has 0 unspecified atom stereocenters. The van der Waals surface area contributed by atoms with Crippen LogP contribution >= 0.6 is 0 Å². The standard InChI is InChI=1S/C13H19N3O2/c1-3-8-14-13(18)9-15-11-4-6-12(7-5-11)16-10(2)17/h4-7,15H,3,8-9H2,1-2H3,(H,14,18)(H,16,17). The van der Waals surface area contributed by atoms with Crippen molar-refractivity contribution in [3.8, 4) is 0 Å². The predicted molar refractivity (Wildman–Crippen MR) is 72.5 cm³/mol. The molecule has 0 spiro atoms. The Bertz CT molecular complexity index is 401. The molecule has 98 valence electrons. The van der Waals surface area contributed by atoms with Crippen LogP contribution in [0.3, 0.4) is 0 Å². The first kappa shape index (κ1) is 14.0. The molecular formula is C13H19N3O2. The smallest absolute Gasteiger partial charge is 0.239 e. The largest absolute Gasteiger partial charge is 0.376 e. The summed E-state index contributed by atoms with van der Waals surface area (Å²) in [4.78, 5) is 22.2. The van der Waals surface area contributed by atoms with E-state index in [1.165, 1.54) is 6.92 Å². The average molecular weight is 249 g/mol. The van der Waals surface area contributed by atoms with Crippen LogP contribution in [0.1, 0.15) is 20.3 Å². The molecule has 3 N–H and O–H groups in total. The lowest BCUT2D eigenvalue weighted by atomic mass is 10.2. The number of nitrogens with one attached hydrogen (secondary N) is 3. The van der Waals surface area contributed by atoms with E-state index >= 15 is 0 Å². The van der Waals surface area contributed by atoms with Crippen molar-refractivity contribution < 1.29 is 9.59 Å². The summed E-state index contributed by atoms with van der Waals surface area (Å²) in [7, 11) is 0. The minimum atomic E-state index is -0.102. The third-order valence-corrected chi connectivity index (χ3v) is 2.23. The summed E-state index contributed by atoms with van der Waals surface area (Å²) >= 11 is 0. The maximum atomic E-state index is 11.4. The number of hydrogen-bond acceptors (Lipinski definition) is 3. The molecule has 0 heterocycles. The highest BCUT2D eigenvalue weighted by molar-refractivity contribution is 5.88. The van der Waals surface area contributed by atoms with Gasteiger partial charge in [0.1, 0.15) is 0 Å². The summed E-state index contributed by atoms with van der Waals surface area (Å²) < 4.78 is 0. The molecule has 2 amide bonds. The van der Waals surface area contributed by atoms with Gasteiger partial charge in [0.05, 0.1) is 6.54 Å². The molecule has 0 saturated heterocycles. The Balaban J connectivity index is 2.39. The average Bonchev–Trinajstić information content (AvgIpc) is 2.35. The molecule has 0 bridgehead atoms. The Morgan fingerprint density at radius 2 is 1.72 bits per heavy atom. The second kappa shape index (κ2) is 7.32. The Labute approximate surface area is 107 Å². The van der Waals surface area contributed by atoms with Gasteiger partial charge in [0.25, 0.3) is 0 Å². The number of carbonyl (C=O) groups excluding carboxylic acids is 2. The van der Waals surface area contributed by atoms with Crippen LogP contribution in [0.2, 0.25) is 0 Å². The Morgan fingerprint density at radius 1 is 1.11 bits per heavy atom. The van der Waals surface area contributed by atoms with Gasteiger partial charge in [0.15, 0.2) is 0 Å². The molecule has 0 radical (unpaired) electrons.